The third-order valence-electron chi connectivity index (χ3n) is 12.4. The number of benzene rings is 4. The van der Waals surface area contributed by atoms with Crippen LogP contribution in [0.4, 0.5) is 11.4 Å². The zero-order valence-electron chi connectivity index (χ0n) is 36.7. The fraction of sp³-hybridized carbons (Fsp3) is 0.288. The van der Waals surface area contributed by atoms with Gasteiger partial charge < -0.3 is 34.6 Å². The Bertz CT molecular complexity index is 2600. The van der Waals surface area contributed by atoms with Gasteiger partial charge in [-0.2, -0.15) is 0 Å². The first kappa shape index (κ1) is 44.8. The first-order chi connectivity index (χ1) is 31.8. The molecule has 0 saturated heterocycles. The number of thiophene rings is 1. The van der Waals surface area contributed by atoms with E-state index in [1.807, 2.05) is 113 Å². The largest absolute Gasteiger partial charge is 0.497 e. The maximum absolute atomic E-state index is 13.9. The number of aromatic nitrogens is 1. The summed E-state index contributed by atoms with van der Waals surface area (Å²) in [7, 11) is 4.78. The summed E-state index contributed by atoms with van der Waals surface area (Å²) in [6.45, 7) is 0.690. The van der Waals surface area contributed by atoms with Crippen LogP contribution in [0.25, 0.3) is 0 Å². The smallest absolute Gasteiger partial charge is 0.254 e. The molecule has 0 spiro atoms. The topological polar surface area (TPSA) is 139 Å². The predicted octanol–water partition coefficient (Wildman–Crippen LogP) is 9.66. The third-order valence-corrected chi connectivity index (χ3v) is 13.3. The van der Waals surface area contributed by atoms with Gasteiger partial charge in [0, 0.05) is 65.4 Å². The highest BCUT2D eigenvalue weighted by atomic mass is 32.1. The van der Waals surface area contributed by atoms with E-state index in [9.17, 15) is 19.2 Å². The number of rotatable bonds is 12. The highest BCUT2D eigenvalue weighted by Crippen LogP contribution is 2.48. The number of pyridine rings is 1. The zero-order valence-corrected chi connectivity index (χ0v) is 37.5. The molecule has 2 aliphatic heterocycles. The average Bonchev–Trinajstić information content (AvgIpc) is 3.89. The Balaban J connectivity index is 0.000000177. The van der Waals surface area contributed by atoms with Gasteiger partial charge in [0.25, 0.3) is 11.8 Å². The number of fused-ring (bicyclic) bond motifs is 2. The van der Waals surface area contributed by atoms with E-state index in [1.165, 1.54) is 6.42 Å². The van der Waals surface area contributed by atoms with Gasteiger partial charge in [-0.25, -0.2) is 0 Å². The summed E-state index contributed by atoms with van der Waals surface area (Å²) in [5, 5.41) is 8.13. The van der Waals surface area contributed by atoms with Crippen molar-refractivity contribution in [1.29, 1.82) is 0 Å². The molecule has 3 aliphatic rings. The van der Waals surface area contributed by atoms with Gasteiger partial charge in [0.05, 0.1) is 50.4 Å². The summed E-state index contributed by atoms with van der Waals surface area (Å²) in [5.41, 5.74) is 4.59. The lowest BCUT2D eigenvalue weighted by atomic mass is 9.79. The van der Waals surface area contributed by atoms with E-state index in [0.29, 0.717) is 58.4 Å². The Hall–Kier alpha value is -6.83. The molecule has 4 aromatic carbocycles. The maximum atomic E-state index is 13.9. The molecule has 13 heteroatoms. The summed E-state index contributed by atoms with van der Waals surface area (Å²) < 4.78 is 15.9. The van der Waals surface area contributed by atoms with Gasteiger partial charge in [-0.15, -0.1) is 11.3 Å². The van der Waals surface area contributed by atoms with Crippen molar-refractivity contribution in [2.24, 2.45) is 0 Å². The van der Waals surface area contributed by atoms with Gasteiger partial charge in [0.15, 0.2) is 0 Å². The van der Waals surface area contributed by atoms with Gasteiger partial charge in [-0.1, -0.05) is 79.9 Å². The Morgan fingerprint density at radius 3 is 1.80 bits per heavy atom. The van der Waals surface area contributed by atoms with Gasteiger partial charge in [-0.05, 0) is 83.9 Å². The maximum Gasteiger partial charge on any atom is 0.254 e. The van der Waals surface area contributed by atoms with E-state index >= 15 is 0 Å². The van der Waals surface area contributed by atoms with Crippen molar-refractivity contribution >= 4 is 46.3 Å². The summed E-state index contributed by atoms with van der Waals surface area (Å²) in [5.74, 6) is -0.248. The van der Waals surface area contributed by atoms with E-state index in [-0.39, 0.29) is 35.7 Å². The summed E-state index contributed by atoms with van der Waals surface area (Å²) in [4.78, 5) is 64.1. The molecular formula is C52H53N5O7S. The van der Waals surface area contributed by atoms with Crippen molar-refractivity contribution in [1.82, 2.24) is 14.8 Å². The van der Waals surface area contributed by atoms with Crippen molar-refractivity contribution in [3.05, 3.63) is 172 Å². The minimum atomic E-state index is -0.651. The van der Waals surface area contributed by atoms with Crippen molar-refractivity contribution in [2.75, 3.05) is 45.1 Å². The summed E-state index contributed by atoms with van der Waals surface area (Å²) in [6.07, 6.45) is 7.09. The Morgan fingerprint density at radius 2 is 1.25 bits per heavy atom. The fourth-order valence-electron chi connectivity index (χ4n) is 9.39. The molecule has 65 heavy (non-hydrogen) atoms. The summed E-state index contributed by atoms with van der Waals surface area (Å²) in [6, 6.07) is 38.3. The molecular weight excluding hydrogens is 839 g/mol. The SMILES string of the molecule is COCCN1C(=O)c2ccccc2C(C(=O)Nc2cccc(OC)c2)C1c1ccccn1.COc1cccc(NC(=O)C2c3ccccc3C(=O)N(C3CCCCC3)C2c2cccs2)c1. The first-order valence-corrected chi connectivity index (χ1v) is 22.8. The molecule has 0 radical (unpaired) electrons. The van der Waals surface area contributed by atoms with E-state index in [4.69, 9.17) is 14.2 Å². The van der Waals surface area contributed by atoms with Gasteiger partial charge in [0.2, 0.25) is 11.8 Å². The first-order valence-electron chi connectivity index (χ1n) is 22.0. The average molecular weight is 892 g/mol. The number of methoxy groups -OCH3 is 3. The van der Waals surface area contributed by atoms with Crippen LogP contribution in [0.5, 0.6) is 11.5 Å². The van der Waals surface area contributed by atoms with Crippen LogP contribution < -0.4 is 20.1 Å². The van der Waals surface area contributed by atoms with Crippen LogP contribution in [0, 0.1) is 0 Å². The number of amides is 4. The van der Waals surface area contributed by atoms with Crippen molar-refractivity contribution in [3.63, 3.8) is 0 Å². The monoisotopic (exact) mass is 891 g/mol. The predicted molar refractivity (Wildman–Crippen MR) is 252 cm³/mol. The number of hydrogen-bond acceptors (Lipinski definition) is 9. The van der Waals surface area contributed by atoms with E-state index in [1.54, 1.807) is 62.0 Å². The van der Waals surface area contributed by atoms with E-state index < -0.39 is 17.9 Å². The number of ether oxygens (including phenoxy) is 3. The number of anilines is 2. The molecule has 334 valence electrons. The minimum Gasteiger partial charge on any atom is -0.497 e. The van der Waals surface area contributed by atoms with Crippen LogP contribution in [-0.4, -0.2) is 78.9 Å². The standard InChI is InChI=1S/C27H28N2O3S.C25H25N3O4/c1-32-20-12-7-9-18(17-20)28-26(30)24-21-13-5-6-14-22(21)27(31)29(19-10-3-2-4-11-19)25(24)23-15-8-16-33-23;1-31-15-14-28-23(21-12-5-6-13-26-21)22(19-10-3-4-11-20(19)25(28)30)24(29)27-17-8-7-9-18(16-17)32-2/h5-9,12-17,19,24-25H,2-4,10-11H2,1H3,(H,28,30);3-13,16,22-23H,14-15H2,1-2H3,(H,27,29). The zero-order chi connectivity index (χ0) is 45.3. The number of carbonyl (C=O) groups excluding carboxylic acids is 4. The van der Waals surface area contributed by atoms with Crippen LogP contribution in [0.15, 0.2) is 139 Å². The Labute approximate surface area is 383 Å². The second kappa shape index (κ2) is 20.8. The highest BCUT2D eigenvalue weighted by Gasteiger charge is 2.48. The number of nitrogens with one attached hydrogen (secondary N) is 2. The Morgan fingerprint density at radius 1 is 0.662 bits per heavy atom. The molecule has 12 nitrogen and oxygen atoms in total. The third kappa shape index (κ3) is 9.67. The van der Waals surface area contributed by atoms with Crippen LogP contribution in [0.1, 0.15) is 98.4 Å². The van der Waals surface area contributed by atoms with Gasteiger partial charge >= 0.3 is 0 Å². The fourth-order valence-corrected chi connectivity index (χ4v) is 10.2. The van der Waals surface area contributed by atoms with Gasteiger partial charge in [-0.3, -0.25) is 24.2 Å². The normalized spacial score (nSPS) is 19.2. The molecule has 1 aliphatic carbocycles. The number of carbonyl (C=O) groups is 4. The van der Waals surface area contributed by atoms with Crippen molar-refractivity contribution in [2.45, 2.75) is 62.1 Å². The number of hydrogen-bond donors (Lipinski definition) is 2. The van der Waals surface area contributed by atoms with Crippen LogP contribution in [0.2, 0.25) is 0 Å². The van der Waals surface area contributed by atoms with E-state index in [2.05, 4.69) is 21.7 Å². The Kier molecular flexibility index (Phi) is 14.3. The second-order valence-corrected chi connectivity index (χ2v) is 17.2. The lowest BCUT2D eigenvalue weighted by Crippen LogP contribution is -2.51. The second-order valence-electron chi connectivity index (χ2n) is 16.2. The molecule has 4 unspecified atom stereocenters. The highest BCUT2D eigenvalue weighted by molar-refractivity contribution is 7.10. The summed E-state index contributed by atoms with van der Waals surface area (Å²) >= 11 is 1.61. The minimum absolute atomic E-state index is 0.0429. The van der Waals surface area contributed by atoms with Crippen LogP contribution in [0.3, 0.4) is 0 Å². The molecule has 4 heterocycles. The lowest BCUT2D eigenvalue weighted by Gasteiger charge is -2.46. The molecule has 1 saturated carbocycles. The number of nitrogens with zero attached hydrogens (tertiary/aromatic N) is 3. The van der Waals surface area contributed by atoms with Gasteiger partial charge in [0.1, 0.15) is 11.5 Å². The molecule has 2 N–H and O–H groups in total. The molecule has 1 fully saturated rings. The molecule has 0 bridgehead atoms. The molecule has 4 amide bonds. The van der Waals surface area contributed by atoms with Crippen LogP contribution in [-0.2, 0) is 14.3 Å². The quantitative estimate of drug-likeness (QED) is 0.124. The van der Waals surface area contributed by atoms with Crippen molar-refractivity contribution < 1.29 is 33.4 Å². The van der Waals surface area contributed by atoms with Crippen LogP contribution >= 0.6 is 11.3 Å². The molecule has 9 rings (SSSR count). The van der Waals surface area contributed by atoms with E-state index in [0.717, 1.165) is 36.1 Å². The lowest BCUT2D eigenvalue weighted by molar-refractivity contribution is -0.120. The molecule has 6 aromatic rings. The van der Waals surface area contributed by atoms with Crippen molar-refractivity contribution in [3.8, 4) is 11.5 Å². The molecule has 2 aromatic heterocycles. The molecule has 4 atom stereocenters.